The van der Waals surface area contributed by atoms with Gasteiger partial charge in [0.15, 0.2) is 0 Å². The predicted octanol–water partition coefficient (Wildman–Crippen LogP) is 2.81. The molecule has 0 bridgehead atoms. The normalized spacial score (nSPS) is 10.5. The largest absolute Gasteiger partial charge is 0.466 e. The van der Waals surface area contributed by atoms with E-state index < -0.39 is 0 Å². The van der Waals surface area contributed by atoms with Crippen LogP contribution in [0.1, 0.15) is 18.9 Å². The van der Waals surface area contributed by atoms with Gasteiger partial charge in [0.05, 0.1) is 13.0 Å². The molecule has 0 fully saturated rings. The quantitative estimate of drug-likeness (QED) is 0.623. The number of hydrogen-bond donors (Lipinski definition) is 0. The van der Waals surface area contributed by atoms with Crippen LogP contribution in [0.15, 0.2) is 29.0 Å². The third-order valence-electron chi connectivity index (χ3n) is 1.68. The van der Waals surface area contributed by atoms with Crippen molar-refractivity contribution in [2.24, 2.45) is 0 Å². The summed E-state index contributed by atoms with van der Waals surface area (Å²) in [6.07, 6.45) is 5.59. The van der Waals surface area contributed by atoms with Crippen LogP contribution in [0.3, 0.4) is 0 Å². The first-order valence-corrected chi connectivity index (χ1v) is 5.46. The van der Waals surface area contributed by atoms with E-state index in [0.29, 0.717) is 6.61 Å². The zero-order valence-electron chi connectivity index (χ0n) is 8.44. The van der Waals surface area contributed by atoms with Crippen LogP contribution in [0, 0.1) is 0 Å². The summed E-state index contributed by atoms with van der Waals surface area (Å²) in [7, 11) is 0. The fraction of sp³-hybridized carbons (Fsp3) is 0.273. The lowest BCUT2D eigenvalue weighted by molar-refractivity contribution is -0.142. The summed E-state index contributed by atoms with van der Waals surface area (Å²) in [5.41, 5.74) is 0.946. The first-order chi connectivity index (χ1) is 7.24. The van der Waals surface area contributed by atoms with Crippen molar-refractivity contribution in [3.63, 3.8) is 0 Å². The molecule has 3 nitrogen and oxygen atoms in total. The maximum atomic E-state index is 11.0. The molecule has 0 radical (unpaired) electrons. The molecule has 0 amide bonds. The molecule has 0 aliphatic rings. The third-order valence-corrected chi connectivity index (χ3v) is 2.34. The smallest absolute Gasteiger partial charge is 0.309 e. The highest BCUT2D eigenvalue weighted by Crippen LogP contribution is 2.14. The van der Waals surface area contributed by atoms with E-state index in [1.807, 2.05) is 18.2 Å². The lowest BCUT2D eigenvalue weighted by Crippen LogP contribution is -2.01. The Balaban J connectivity index is 2.52. The van der Waals surface area contributed by atoms with Crippen LogP contribution in [-0.2, 0) is 9.53 Å². The predicted molar refractivity (Wildman–Crippen MR) is 62.2 cm³/mol. The lowest BCUT2D eigenvalue weighted by atomic mass is 10.2. The van der Waals surface area contributed by atoms with Gasteiger partial charge in [0.2, 0.25) is 0 Å². The molecule has 1 aromatic heterocycles. The van der Waals surface area contributed by atoms with Gasteiger partial charge in [-0.15, -0.1) is 0 Å². The van der Waals surface area contributed by atoms with Gasteiger partial charge < -0.3 is 4.74 Å². The Kier molecular flexibility index (Phi) is 5.04. The first kappa shape index (κ1) is 11.9. The van der Waals surface area contributed by atoms with Crippen molar-refractivity contribution >= 4 is 28.0 Å². The summed E-state index contributed by atoms with van der Waals surface area (Å²) in [4.78, 5) is 15.1. The summed E-state index contributed by atoms with van der Waals surface area (Å²) in [6.45, 7) is 2.21. The van der Waals surface area contributed by atoms with Gasteiger partial charge in [0.1, 0.15) is 4.60 Å². The first-order valence-electron chi connectivity index (χ1n) is 4.66. The third kappa shape index (κ3) is 4.25. The summed E-state index contributed by atoms with van der Waals surface area (Å²) in [5, 5.41) is 0. The van der Waals surface area contributed by atoms with Gasteiger partial charge >= 0.3 is 5.97 Å². The Labute approximate surface area is 97.3 Å². The van der Waals surface area contributed by atoms with Crippen molar-refractivity contribution in [1.82, 2.24) is 4.98 Å². The second-order valence-corrected chi connectivity index (χ2v) is 3.55. The molecule has 15 heavy (non-hydrogen) atoms. The van der Waals surface area contributed by atoms with E-state index >= 15 is 0 Å². The average molecular weight is 270 g/mol. The minimum atomic E-state index is -0.214. The molecule has 1 rings (SSSR count). The monoisotopic (exact) mass is 269 g/mol. The summed E-state index contributed by atoms with van der Waals surface area (Å²) in [6, 6.07) is 3.76. The zero-order chi connectivity index (χ0) is 11.1. The van der Waals surface area contributed by atoms with Crippen molar-refractivity contribution in [2.75, 3.05) is 6.61 Å². The van der Waals surface area contributed by atoms with Crippen LogP contribution in [0.25, 0.3) is 6.08 Å². The van der Waals surface area contributed by atoms with Crippen molar-refractivity contribution in [3.05, 3.63) is 34.6 Å². The molecule has 0 aliphatic carbocycles. The van der Waals surface area contributed by atoms with E-state index in [2.05, 4.69) is 20.9 Å². The van der Waals surface area contributed by atoms with E-state index in [1.54, 1.807) is 19.2 Å². The summed E-state index contributed by atoms with van der Waals surface area (Å²) in [5.74, 6) is -0.214. The lowest BCUT2D eigenvalue weighted by Gasteiger charge is -1.97. The SMILES string of the molecule is CCOC(=O)CC=Cc1cccnc1Br. The molecule has 80 valence electrons. The standard InChI is InChI=1S/C11H12BrNO2/c1-2-15-10(14)7-3-5-9-6-4-8-13-11(9)12/h3-6,8H,2,7H2,1H3. The number of carbonyl (C=O) groups is 1. The molecule has 1 heterocycles. The van der Waals surface area contributed by atoms with Gasteiger partial charge in [-0.1, -0.05) is 18.2 Å². The van der Waals surface area contributed by atoms with E-state index in [0.717, 1.165) is 10.2 Å². The Morgan fingerprint density at radius 2 is 2.47 bits per heavy atom. The summed E-state index contributed by atoms with van der Waals surface area (Å²) < 4.78 is 5.56. The van der Waals surface area contributed by atoms with E-state index in [-0.39, 0.29) is 12.4 Å². The molecule has 0 aliphatic heterocycles. The number of pyridine rings is 1. The van der Waals surface area contributed by atoms with Crippen molar-refractivity contribution in [3.8, 4) is 0 Å². The average Bonchev–Trinajstić information content (AvgIpc) is 2.21. The van der Waals surface area contributed by atoms with Gasteiger partial charge in [-0.3, -0.25) is 4.79 Å². The number of halogens is 1. The highest BCUT2D eigenvalue weighted by Gasteiger charge is 1.98. The number of aromatic nitrogens is 1. The molecule has 4 heteroatoms. The van der Waals surface area contributed by atoms with E-state index in [9.17, 15) is 4.79 Å². The van der Waals surface area contributed by atoms with Gasteiger partial charge in [0.25, 0.3) is 0 Å². The number of rotatable bonds is 4. The number of ether oxygens (including phenoxy) is 1. The highest BCUT2D eigenvalue weighted by atomic mass is 79.9. The second kappa shape index (κ2) is 6.35. The van der Waals surface area contributed by atoms with Crippen molar-refractivity contribution in [2.45, 2.75) is 13.3 Å². The highest BCUT2D eigenvalue weighted by molar-refractivity contribution is 9.10. The maximum Gasteiger partial charge on any atom is 0.309 e. The van der Waals surface area contributed by atoms with Crippen LogP contribution in [-0.4, -0.2) is 17.6 Å². The molecule has 0 aromatic carbocycles. The van der Waals surface area contributed by atoms with Crippen molar-refractivity contribution in [1.29, 1.82) is 0 Å². The van der Waals surface area contributed by atoms with E-state index in [4.69, 9.17) is 4.74 Å². The number of carbonyl (C=O) groups excluding carboxylic acids is 1. The number of hydrogen-bond acceptors (Lipinski definition) is 3. The fourth-order valence-electron chi connectivity index (χ4n) is 1.02. The van der Waals surface area contributed by atoms with Crippen molar-refractivity contribution < 1.29 is 9.53 Å². The molecule has 1 aromatic rings. The van der Waals surface area contributed by atoms with E-state index in [1.165, 1.54) is 0 Å². The topological polar surface area (TPSA) is 39.2 Å². The van der Waals surface area contributed by atoms with Crippen LogP contribution >= 0.6 is 15.9 Å². The minimum absolute atomic E-state index is 0.214. The molecular formula is C11H12BrNO2. The fourth-order valence-corrected chi connectivity index (χ4v) is 1.41. The minimum Gasteiger partial charge on any atom is -0.466 e. The molecule has 0 N–H and O–H groups in total. The van der Waals surface area contributed by atoms with Gasteiger partial charge in [-0.2, -0.15) is 0 Å². The maximum absolute atomic E-state index is 11.0. The molecule has 0 unspecified atom stereocenters. The Morgan fingerprint density at radius 1 is 1.67 bits per heavy atom. The van der Waals surface area contributed by atoms with Crippen LogP contribution in [0.4, 0.5) is 0 Å². The van der Waals surface area contributed by atoms with Crippen LogP contribution < -0.4 is 0 Å². The molecule has 0 saturated carbocycles. The molecule has 0 saturated heterocycles. The summed E-state index contributed by atoms with van der Waals surface area (Å²) >= 11 is 3.32. The Bertz CT molecular complexity index is 363. The van der Waals surface area contributed by atoms with Crippen LogP contribution in [0.2, 0.25) is 0 Å². The van der Waals surface area contributed by atoms with Crippen LogP contribution in [0.5, 0.6) is 0 Å². The Morgan fingerprint density at radius 3 is 3.13 bits per heavy atom. The van der Waals surface area contributed by atoms with Gasteiger partial charge in [-0.05, 0) is 28.9 Å². The zero-order valence-corrected chi connectivity index (χ0v) is 10.0. The number of nitrogens with zero attached hydrogens (tertiary/aromatic N) is 1. The Hall–Kier alpha value is -1.16. The number of esters is 1. The molecule has 0 spiro atoms. The second-order valence-electron chi connectivity index (χ2n) is 2.79. The van der Waals surface area contributed by atoms with Gasteiger partial charge in [-0.25, -0.2) is 4.98 Å². The molecule has 0 atom stereocenters. The van der Waals surface area contributed by atoms with Gasteiger partial charge in [0, 0.05) is 11.8 Å². The molecular weight excluding hydrogens is 258 g/mol.